The Morgan fingerprint density at radius 1 is 0.795 bits per heavy atom. The second-order valence-corrected chi connectivity index (χ2v) is 10.6. The van der Waals surface area contributed by atoms with Crippen molar-refractivity contribution in [3.8, 4) is 0 Å². The van der Waals surface area contributed by atoms with Crippen molar-refractivity contribution in [1.82, 2.24) is 10.6 Å². The van der Waals surface area contributed by atoms with E-state index in [2.05, 4.69) is 16.0 Å². The molecule has 2 aliphatic rings. The maximum atomic E-state index is 12.9. The molecule has 2 bridgehead atoms. The maximum Gasteiger partial charge on any atom is 0.310 e. The number of rotatable bonds is 3. The zero-order chi connectivity index (χ0) is 28.0. The minimum absolute atomic E-state index is 0.0581. The molecule has 0 radical (unpaired) electrons. The first kappa shape index (κ1) is 29.9. The van der Waals surface area contributed by atoms with Gasteiger partial charge in [0, 0.05) is 18.5 Å². The Morgan fingerprint density at radius 3 is 2.05 bits per heavy atom. The molecule has 8 nitrogen and oxygen atoms in total. The minimum Gasteiger partial charge on any atom is -0.463 e. The summed E-state index contributed by atoms with van der Waals surface area (Å²) in [5.74, 6) is -0.933. The van der Waals surface area contributed by atoms with Gasteiger partial charge < -0.3 is 20.7 Å². The van der Waals surface area contributed by atoms with Crippen LogP contribution in [0.1, 0.15) is 69.9 Å². The summed E-state index contributed by atoms with van der Waals surface area (Å²) in [6.45, 7) is 3.88. The van der Waals surface area contributed by atoms with E-state index in [1.165, 1.54) is 0 Å². The summed E-state index contributed by atoms with van der Waals surface area (Å²) in [5, 5.41) is 8.77. The van der Waals surface area contributed by atoms with Gasteiger partial charge in [0.1, 0.15) is 12.6 Å². The number of amides is 3. The zero-order valence-corrected chi connectivity index (χ0v) is 23.0. The van der Waals surface area contributed by atoms with E-state index in [4.69, 9.17) is 4.74 Å². The van der Waals surface area contributed by atoms with Gasteiger partial charge in [0.15, 0.2) is 0 Å². The van der Waals surface area contributed by atoms with Gasteiger partial charge >= 0.3 is 5.97 Å². The van der Waals surface area contributed by atoms with Gasteiger partial charge in [0.25, 0.3) is 0 Å². The highest BCUT2D eigenvalue weighted by Gasteiger charge is 2.24. The van der Waals surface area contributed by atoms with Crippen LogP contribution in [0, 0.1) is 5.92 Å². The predicted molar refractivity (Wildman–Crippen MR) is 151 cm³/mol. The van der Waals surface area contributed by atoms with E-state index < -0.39 is 6.04 Å². The Labute approximate surface area is 231 Å². The van der Waals surface area contributed by atoms with Gasteiger partial charge in [-0.15, -0.1) is 0 Å². The lowest BCUT2D eigenvalue weighted by molar-refractivity contribution is -0.144. The van der Waals surface area contributed by atoms with Crippen LogP contribution in [-0.4, -0.2) is 42.4 Å². The van der Waals surface area contributed by atoms with E-state index in [1.54, 1.807) is 24.3 Å². The van der Waals surface area contributed by atoms with Gasteiger partial charge in [0.2, 0.25) is 17.7 Å². The van der Waals surface area contributed by atoms with Crippen molar-refractivity contribution < 1.29 is 23.9 Å². The van der Waals surface area contributed by atoms with Crippen molar-refractivity contribution in [3.05, 3.63) is 65.7 Å². The van der Waals surface area contributed by atoms with Gasteiger partial charge in [-0.25, -0.2) is 0 Å². The smallest absolute Gasteiger partial charge is 0.310 e. The van der Waals surface area contributed by atoms with Gasteiger partial charge in [-0.2, -0.15) is 0 Å². The van der Waals surface area contributed by atoms with Crippen molar-refractivity contribution in [3.63, 3.8) is 0 Å². The topological polar surface area (TPSA) is 114 Å². The number of hydrogen-bond donors (Lipinski definition) is 3. The molecule has 0 aromatic heterocycles. The van der Waals surface area contributed by atoms with E-state index in [-0.39, 0.29) is 48.7 Å². The average molecular weight is 536 g/mol. The average Bonchev–Trinajstić information content (AvgIpc) is 2.91. The number of carbonyl (C=O) groups is 4. The molecular weight excluding hydrogens is 494 g/mol. The Hall–Kier alpha value is -3.68. The number of esters is 1. The Balaban J connectivity index is 1.68. The Morgan fingerprint density at radius 2 is 1.41 bits per heavy atom. The van der Waals surface area contributed by atoms with Crippen molar-refractivity contribution in [2.24, 2.45) is 5.92 Å². The SMILES string of the molecule is CC(C)[C@@H]1NC(=O)CCCCCCCC(=O)N[C@@H](Cc2ccccc2)COC(=O)Cc2ccc(cc2)NC1=O. The molecular formula is C31H41N3O5. The molecule has 0 saturated heterocycles. The molecule has 0 fully saturated rings. The predicted octanol–water partition coefficient (Wildman–Crippen LogP) is 4.32. The highest BCUT2D eigenvalue weighted by atomic mass is 16.5. The molecule has 39 heavy (non-hydrogen) atoms. The second-order valence-electron chi connectivity index (χ2n) is 10.6. The molecule has 0 saturated carbocycles. The number of hydrogen-bond acceptors (Lipinski definition) is 5. The van der Waals surface area contributed by atoms with Crippen LogP contribution in [0.25, 0.3) is 0 Å². The minimum atomic E-state index is -0.642. The summed E-state index contributed by atoms with van der Waals surface area (Å²) in [6, 6.07) is 15.8. The third kappa shape index (κ3) is 10.9. The molecule has 2 aromatic carbocycles. The zero-order valence-electron chi connectivity index (χ0n) is 23.0. The van der Waals surface area contributed by atoms with Crippen molar-refractivity contribution in [1.29, 1.82) is 0 Å². The molecule has 3 N–H and O–H groups in total. The number of fused-ring (bicyclic) bond motifs is 20. The second kappa shape index (κ2) is 15.7. The normalized spacial score (nSPS) is 21.0. The van der Waals surface area contributed by atoms with Crippen LogP contribution in [0.4, 0.5) is 5.69 Å². The highest BCUT2D eigenvalue weighted by molar-refractivity contribution is 5.97. The fourth-order valence-corrected chi connectivity index (χ4v) is 4.57. The van der Waals surface area contributed by atoms with Crippen molar-refractivity contribution in [2.45, 2.75) is 83.7 Å². The molecule has 2 aromatic rings. The quantitative estimate of drug-likeness (QED) is 0.507. The monoisotopic (exact) mass is 535 g/mol. The van der Waals surface area contributed by atoms with E-state index in [0.717, 1.165) is 43.2 Å². The van der Waals surface area contributed by atoms with Gasteiger partial charge in [0.05, 0.1) is 12.5 Å². The Kier molecular flexibility index (Phi) is 12.0. The van der Waals surface area contributed by atoms with Crippen molar-refractivity contribution in [2.75, 3.05) is 11.9 Å². The molecule has 2 aliphatic heterocycles. The molecule has 0 unspecified atom stereocenters. The standard InChI is InChI=1S/C31H41N3O5/c1-22(2)30-31(38)33-25-17-15-24(16-18-25)20-29(37)39-21-26(19-23-11-7-6-8-12-23)32-27(35)13-9-4-3-5-10-14-28(36)34-30/h6-8,11-12,15-18,22,26,30H,3-5,9-10,13-14,19-21H2,1-2H3,(H,32,35)(H,33,38)(H,34,36)/t26-,30-/m0/s1. The summed E-state index contributed by atoms with van der Waals surface area (Å²) in [4.78, 5) is 50.6. The van der Waals surface area contributed by atoms with Gasteiger partial charge in [-0.05, 0) is 48.4 Å². The summed E-state index contributed by atoms with van der Waals surface area (Å²) >= 11 is 0. The Bertz CT molecular complexity index is 1090. The van der Waals surface area contributed by atoms with Crippen molar-refractivity contribution >= 4 is 29.4 Å². The molecule has 3 amide bonds. The van der Waals surface area contributed by atoms with E-state index >= 15 is 0 Å². The summed E-state index contributed by atoms with van der Waals surface area (Å²) in [5.41, 5.74) is 2.38. The third-order valence-electron chi connectivity index (χ3n) is 6.78. The van der Waals surface area contributed by atoms with Crippen LogP contribution in [0.15, 0.2) is 54.6 Å². The molecule has 4 rings (SSSR count). The summed E-state index contributed by atoms with van der Waals surface area (Å²) < 4.78 is 5.56. The maximum absolute atomic E-state index is 12.9. The highest BCUT2D eigenvalue weighted by Crippen LogP contribution is 2.14. The molecule has 0 spiro atoms. The molecule has 2 heterocycles. The largest absolute Gasteiger partial charge is 0.463 e. The van der Waals surface area contributed by atoms with E-state index in [9.17, 15) is 19.2 Å². The summed E-state index contributed by atoms with van der Waals surface area (Å²) in [6.07, 6.45) is 5.58. The van der Waals surface area contributed by atoms with Gasteiger partial charge in [-0.1, -0.05) is 75.6 Å². The number of anilines is 1. The number of ether oxygens (including phenoxy) is 1. The third-order valence-corrected chi connectivity index (χ3v) is 6.78. The molecule has 210 valence electrons. The van der Waals surface area contributed by atoms with Crippen LogP contribution in [-0.2, 0) is 36.8 Å². The van der Waals surface area contributed by atoms with Crippen LogP contribution >= 0.6 is 0 Å². The lowest BCUT2D eigenvalue weighted by Crippen LogP contribution is -2.47. The lowest BCUT2D eigenvalue weighted by Gasteiger charge is -2.22. The summed E-state index contributed by atoms with van der Waals surface area (Å²) in [7, 11) is 0. The lowest BCUT2D eigenvalue weighted by atomic mass is 10.0. The first-order valence-corrected chi connectivity index (χ1v) is 14.0. The number of nitrogens with one attached hydrogen (secondary N) is 3. The molecule has 2 atom stereocenters. The van der Waals surface area contributed by atoms with Crippen LogP contribution < -0.4 is 16.0 Å². The van der Waals surface area contributed by atoms with E-state index in [1.807, 2.05) is 44.2 Å². The van der Waals surface area contributed by atoms with Crippen LogP contribution in [0.3, 0.4) is 0 Å². The van der Waals surface area contributed by atoms with E-state index in [0.29, 0.717) is 24.9 Å². The first-order valence-electron chi connectivity index (χ1n) is 14.0. The number of benzene rings is 2. The van der Waals surface area contributed by atoms with Crippen LogP contribution in [0.5, 0.6) is 0 Å². The van der Waals surface area contributed by atoms with Gasteiger partial charge in [-0.3, -0.25) is 19.2 Å². The van der Waals surface area contributed by atoms with Crippen LogP contribution in [0.2, 0.25) is 0 Å². The first-order chi connectivity index (χ1) is 18.8. The molecule has 0 aliphatic carbocycles. The molecule has 8 heteroatoms. The number of carbonyl (C=O) groups excluding carboxylic acids is 4. The fraction of sp³-hybridized carbons (Fsp3) is 0.484. The fourth-order valence-electron chi connectivity index (χ4n) is 4.57.